The van der Waals surface area contributed by atoms with E-state index in [1.165, 1.54) is 10.8 Å². The molecular formula is C26H32N2O4S. The average molecular weight is 469 g/mol. The molecule has 0 aliphatic heterocycles. The molecule has 0 aliphatic rings. The van der Waals surface area contributed by atoms with Gasteiger partial charge in [0, 0.05) is 12.4 Å². The van der Waals surface area contributed by atoms with Crippen molar-refractivity contribution in [3.05, 3.63) is 83.9 Å². The van der Waals surface area contributed by atoms with Gasteiger partial charge in [0.25, 0.3) is 10.1 Å². The molecule has 0 spiro atoms. The molecule has 0 bridgehead atoms. The summed E-state index contributed by atoms with van der Waals surface area (Å²) in [5.74, 6) is 0.221. The summed E-state index contributed by atoms with van der Waals surface area (Å²) in [5, 5.41) is 22.4. The predicted molar refractivity (Wildman–Crippen MR) is 138 cm³/mol. The first kappa shape index (κ1) is 27.7. The lowest BCUT2D eigenvalue weighted by molar-refractivity contribution is 0.482. The Balaban J connectivity index is 0.000000273. The first-order valence-corrected chi connectivity index (χ1v) is 12.3. The number of azo groups is 1. The highest BCUT2D eigenvalue weighted by Gasteiger charge is 2.11. The molecule has 0 fully saturated rings. The lowest BCUT2D eigenvalue weighted by Crippen LogP contribution is -1.88. The van der Waals surface area contributed by atoms with Crippen LogP contribution in [0.1, 0.15) is 25.0 Å². The number of fused-ring (bicyclic) bond motifs is 2. The molecule has 2 N–H and O–H groups in total. The molecule has 4 aromatic rings. The Morgan fingerprint density at radius 1 is 0.758 bits per heavy atom. The largest absolute Gasteiger partial charge is 0.505 e. The zero-order valence-corrected chi connectivity index (χ0v) is 20.8. The molecule has 0 saturated carbocycles. The van der Waals surface area contributed by atoms with Gasteiger partial charge in [0.15, 0.2) is 5.75 Å². The van der Waals surface area contributed by atoms with Crippen molar-refractivity contribution in [2.45, 2.75) is 27.7 Å². The number of aryl methyl sites for hydroxylation is 2. The van der Waals surface area contributed by atoms with Crippen molar-refractivity contribution >= 4 is 37.4 Å². The third-order valence-corrected chi connectivity index (χ3v) is 4.37. The molecule has 7 heteroatoms. The summed E-state index contributed by atoms with van der Waals surface area (Å²) in [5.41, 5.74) is 2.54. The number of hydrogen-bond acceptors (Lipinski definition) is 5. The van der Waals surface area contributed by atoms with Crippen LogP contribution in [0.25, 0.3) is 21.5 Å². The van der Waals surface area contributed by atoms with E-state index in [0.29, 0.717) is 11.9 Å². The van der Waals surface area contributed by atoms with Crippen LogP contribution in [0.3, 0.4) is 0 Å². The highest BCUT2D eigenvalue weighted by molar-refractivity contribution is 7.85. The van der Waals surface area contributed by atoms with E-state index >= 15 is 0 Å². The van der Waals surface area contributed by atoms with Gasteiger partial charge in [-0.2, -0.15) is 18.6 Å². The molecule has 176 valence electrons. The van der Waals surface area contributed by atoms with Crippen molar-refractivity contribution < 1.29 is 18.1 Å². The average Bonchev–Trinajstić information content (AvgIpc) is 2.77. The first-order valence-electron chi connectivity index (χ1n) is 10.5. The van der Waals surface area contributed by atoms with Gasteiger partial charge >= 0.3 is 0 Å². The Bertz CT molecular complexity index is 1240. The normalized spacial score (nSPS) is 10.5. The molecule has 33 heavy (non-hydrogen) atoms. The van der Waals surface area contributed by atoms with Gasteiger partial charge in [-0.25, -0.2) is 0 Å². The Morgan fingerprint density at radius 3 is 1.61 bits per heavy atom. The molecule has 6 nitrogen and oxygen atoms in total. The number of phenolic OH excluding ortho intramolecular Hbond substituents is 1. The standard InChI is InChI=1S/C13H14N2O.C10H8.C2H6.CH4O3S/c1-8-5-4-6-10-7-9(2)12(15-14-3)13(16)11(8)10;1-2-6-10-8-4-3-7-9(10)5-1;1-2;1-5(2,3)4/h4-7,16H,1-3H3;1-8H;1-2H3;1H3,(H,2,3,4). The van der Waals surface area contributed by atoms with Gasteiger partial charge in [-0.15, -0.1) is 0 Å². The highest BCUT2D eigenvalue weighted by atomic mass is 32.2. The zero-order valence-electron chi connectivity index (χ0n) is 19.9. The molecule has 0 saturated heterocycles. The van der Waals surface area contributed by atoms with Crippen LogP contribution in [0.15, 0.2) is 83.0 Å². The van der Waals surface area contributed by atoms with Crippen LogP contribution in [0.4, 0.5) is 5.69 Å². The Labute approximate surface area is 196 Å². The molecule has 0 aromatic heterocycles. The maximum Gasteiger partial charge on any atom is 0.261 e. The van der Waals surface area contributed by atoms with Crippen LogP contribution in [0, 0.1) is 13.8 Å². The van der Waals surface area contributed by atoms with E-state index in [-0.39, 0.29) is 5.75 Å². The highest BCUT2D eigenvalue weighted by Crippen LogP contribution is 2.39. The number of rotatable bonds is 1. The summed E-state index contributed by atoms with van der Waals surface area (Å²) in [6, 6.07) is 24.7. The summed E-state index contributed by atoms with van der Waals surface area (Å²) in [6.45, 7) is 7.90. The van der Waals surface area contributed by atoms with Crippen molar-refractivity contribution in [1.82, 2.24) is 0 Å². The van der Waals surface area contributed by atoms with Gasteiger partial charge in [0.05, 0.1) is 6.26 Å². The molecular weight excluding hydrogens is 436 g/mol. The fraction of sp³-hybridized carbons (Fsp3) is 0.231. The van der Waals surface area contributed by atoms with E-state index in [0.717, 1.165) is 21.9 Å². The second-order valence-electron chi connectivity index (χ2n) is 6.94. The third kappa shape index (κ3) is 9.00. The Kier molecular flexibility index (Phi) is 11.2. The summed E-state index contributed by atoms with van der Waals surface area (Å²) < 4.78 is 25.9. The van der Waals surface area contributed by atoms with Crippen molar-refractivity contribution in [1.29, 1.82) is 0 Å². The monoisotopic (exact) mass is 468 g/mol. The van der Waals surface area contributed by atoms with E-state index in [1.54, 1.807) is 7.05 Å². The smallest absolute Gasteiger partial charge is 0.261 e. The molecule has 0 unspecified atom stereocenters. The van der Waals surface area contributed by atoms with Crippen molar-refractivity contribution in [2.75, 3.05) is 13.3 Å². The number of hydrogen-bond donors (Lipinski definition) is 2. The molecule has 0 heterocycles. The Morgan fingerprint density at radius 2 is 1.18 bits per heavy atom. The summed E-state index contributed by atoms with van der Waals surface area (Å²) in [7, 11) is -2.07. The topological polar surface area (TPSA) is 99.3 Å². The number of nitrogens with zero attached hydrogens (tertiary/aromatic N) is 2. The van der Waals surface area contributed by atoms with E-state index in [2.05, 4.69) is 58.8 Å². The van der Waals surface area contributed by atoms with Gasteiger partial charge in [0.2, 0.25) is 0 Å². The van der Waals surface area contributed by atoms with Gasteiger partial charge < -0.3 is 5.11 Å². The van der Waals surface area contributed by atoms with Gasteiger partial charge in [-0.1, -0.05) is 80.6 Å². The van der Waals surface area contributed by atoms with Crippen molar-refractivity contribution in [3.63, 3.8) is 0 Å². The van der Waals surface area contributed by atoms with Gasteiger partial charge in [-0.05, 0) is 47.2 Å². The second-order valence-corrected chi connectivity index (χ2v) is 8.41. The summed E-state index contributed by atoms with van der Waals surface area (Å²) in [4.78, 5) is 0. The number of benzene rings is 4. The SMILES string of the molecule is CC.CN=Nc1c(C)cc2cccc(C)c2c1O.CS(=O)(=O)O.c1ccc2ccccc2c1. The molecule has 0 radical (unpaired) electrons. The number of phenols is 1. The van der Waals surface area contributed by atoms with Crippen LogP contribution < -0.4 is 0 Å². The maximum atomic E-state index is 10.2. The fourth-order valence-electron chi connectivity index (χ4n) is 3.10. The van der Waals surface area contributed by atoms with Crippen LogP contribution in [-0.4, -0.2) is 31.4 Å². The minimum absolute atomic E-state index is 0.221. The lowest BCUT2D eigenvalue weighted by Gasteiger charge is -2.09. The molecule has 0 atom stereocenters. The summed E-state index contributed by atoms with van der Waals surface area (Å²) >= 11 is 0. The van der Waals surface area contributed by atoms with Crippen molar-refractivity contribution in [3.8, 4) is 5.75 Å². The fourth-order valence-corrected chi connectivity index (χ4v) is 3.10. The van der Waals surface area contributed by atoms with E-state index in [9.17, 15) is 13.5 Å². The Hall–Kier alpha value is -3.29. The van der Waals surface area contributed by atoms with Gasteiger partial charge in [0.1, 0.15) is 5.69 Å². The van der Waals surface area contributed by atoms with Crippen LogP contribution >= 0.6 is 0 Å². The maximum absolute atomic E-state index is 10.2. The first-order chi connectivity index (χ1) is 15.6. The minimum Gasteiger partial charge on any atom is -0.505 e. The minimum atomic E-state index is -3.67. The second kappa shape index (κ2) is 13.3. The van der Waals surface area contributed by atoms with Gasteiger partial charge in [-0.3, -0.25) is 4.55 Å². The van der Waals surface area contributed by atoms with Crippen LogP contribution in [0.2, 0.25) is 0 Å². The predicted octanol–water partition coefficient (Wildman–Crippen LogP) is 7.25. The van der Waals surface area contributed by atoms with E-state index in [4.69, 9.17) is 4.55 Å². The van der Waals surface area contributed by atoms with E-state index in [1.807, 2.05) is 52.0 Å². The van der Waals surface area contributed by atoms with Crippen LogP contribution in [-0.2, 0) is 10.1 Å². The third-order valence-electron chi connectivity index (χ3n) is 4.37. The molecule has 4 aromatic carbocycles. The van der Waals surface area contributed by atoms with Crippen molar-refractivity contribution in [2.24, 2.45) is 10.2 Å². The van der Waals surface area contributed by atoms with E-state index < -0.39 is 10.1 Å². The summed E-state index contributed by atoms with van der Waals surface area (Å²) in [6.07, 6.45) is 0.715. The molecule has 4 rings (SSSR count). The van der Waals surface area contributed by atoms with Crippen LogP contribution in [0.5, 0.6) is 5.75 Å². The lowest BCUT2D eigenvalue weighted by atomic mass is 10.0. The number of aromatic hydroxyl groups is 1. The quantitative estimate of drug-likeness (QED) is 0.227. The zero-order chi connectivity index (χ0) is 25.0. The molecule has 0 amide bonds. The molecule has 0 aliphatic carbocycles.